The third-order valence-electron chi connectivity index (χ3n) is 3.93. The lowest BCUT2D eigenvalue weighted by atomic mass is 9.86. The first kappa shape index (κ1) is 12.3. The molecule has 2 atom stereocenters. The largest absolute Gasteiger partial charge is 0.192 e. The average molecular weight is 268 g/mol. The van der Waals surface area contributed by atoms with Crippen LogP contribution in [0.15, 0.2) is 42.5 Å². The van der Waals surface area contributed by atoms with Crippen molar-refractivity contribution < 1.29 is 0 Å². The molecular formula is C17H14ClN. The predicted molar refractivity (Wildman–Crippen MR) is 77.3 cm³/mol. The fourth-order valence-corrected chi connectivity index (χ4v) is 3.32. The van der Waals surface area contributed by atoms with Crippen molar-refractivity contribution in [1.82, 2.24) is 0 Å². The standard InChI is InChI=1S/C17H14ClN/c1-11-7-13-6-5-12(10-19)8-16(13)17(11)14-3-2-4-15(18)9-14/h2-6,8-9,11,17H,7H2,1H3/t11-,17-/m0/s1. The Morgan fingerprint density at radius 1 is 1.21 bits per heavy atom. The summed E-state index contributed by atoms with van der Waals surface area (Å²) in [5, 5.41) is 9.84. The van der Waals surface area contributed by atoms with Crippen LogP contribution < -0.4 is 0 Å². The Balaban J connectivity index is 2.12. The quantitative estimate of drug-likeness (QED) is 0.744. The van der Waals surface area contributed by atoms with Gasteiger partial charge in [-0.2, -0.15) is 5.26 Å². The summed E-state index contributed by atoms with van der Waals surface area (Å²) >= 11 is 6.10. The monoisotopic (exact) mass is 267 g/mol. The first-order chi connectivity index (χ1) is 9.19. The Bertz CT molecular complexity index is 669. The van der Waals surface area contributed by atoms with Crippen molar-refractivity contribution in [3.05, 3.63) is 69.7 Å². The van der Waals surface area contributed by atoms with E-state index >= 15 is 0 Å². The number of halogens is 1. The van der Waals surface area contributed by atoms with Crippen LogP contribution in [0.1, 0.15) is 35.1 Å². The minimum atomic E-state index is 0.349. The van der Waals surface area contributed by atoms with Gasteiger partial charge in [0.2, 0.25) is 0 Å². The number of rotatable bonds is 1. The van der Waals surface area contributed by atoms with Gasteiger partial charge in [0.25, 0.3) is 0 Å². The van der Waals surface area contributed by atoms with Gasteiger partial charge in [0.1, 0.15) is 0 Å². The van der Waals surface area contributed by atoms with Crippen LogP contribution in [-0.4, -0.2) is 0 Å². The molecule has 2 aromatic rings. The lowest BCUT2D eigenvalue weighted by Gasteiger charge is -2.17. The zero-order chi connectivity index (χ0) is 13.4. The molecule has 0 bridgehead atoms. The molecule has 0 spiro atoms. The summed E-state index contributed by atoms with van der Waals surface area (Å²) in [6, 6.07) is 16.3. The Hall–Kier alpha value is -1.78. The fourth-order valence-electron chi connectivity index (χ4n) is 3.12. The molecule has 0 unspecified atom stereocenters. The van der Waals surface area contributed by atoms with Gasteiger partial charge in [-0.25, -0.2) is 0 Å². The van der Waals surface area contributed by atoms with Gasteiger partial charge in [0, 0.05) is 10.9 Å². The number of hydrogen-bond acceptors (Lipinski definition) is 1. The number of nitrogens with zero attached hydrogens (tertiary/aromatic N) is 1. The van der Waals surface area contributed by atoms with Crippen LogP contribution in [0.5, 0.6) is 0 Å². The smallest absolute Gasteiger partial charge is 0.0991 e. The minimum absolute atomic E-state index is 0.349. The molecule has 0 fully saturated rings. The maximum atomic E-state index is 9.06. The van der Waals surface area contributed by atoms with Gasteiger partial charge >= 0.3 is 0 Å². The van der Waals surface area contributed by atoms with Gasteiger partial charge in [-0.3, -0.25) is 0 Å². The first-order valence-corrected chi connectivity index (χ1v) is 6.85. The van der Waals surface area contributed by atoms with E-state index in [1.807, 2.05) is 30.3 Å². The molecule has 1 nitrogen and oxygen atoms in total. The van der Waals surface area contributed by atoms with Crippen LogP contribution in [-0.2, 0) is 6.42 Å². The molecule has 94 valence electrons. The van der Waals surface area contributed by atoms with E-state index in [1.54, 1.807) is 0 Å². The van der Waals surface area contributed by atoms with E-state index in [0.717, 1.165) is 17.0 Å². The summed E-state index contributed by atoms with van der Waals surface area (Å²) in [7, 11) is 0. The second-order valence-corrected chi connectivity index (χ2v) is 5.68. The highest BCUT2D eigenvalue weighted by molar-refractivity contribution is 6.30. The van der Waals surface area contributed by atoms with Crippen molar-refractivity contribution in [2.45, 2.75) is 19.3 Å². The van der Waals surface area contributed by atoms with E-state index in [9.17, 15) is 0 Å². The SMILES string of the molecule is C[C@H]1Cc2ccc(C#N)cc2[C@@H]1c1cccc(Cl)c1. The third kappa shape index (κ3) is 2.13. The van der Waals surface area contributed by atoms with E-state index < -0.39 is 0 Å². The molecule has 19 heavy (non-hydrogen) atoms. The predicted octanol–water partition coefficient (Wildman–Crippen LogP) is 4.54. The molecule has 0 saturated heterocycles. The molecule has 0 heterocycles. The van der Waals surface area contributed by atoms with Crippen molar-refractivity contribution >= 4 is 11.6 Å². The summed E-state index contributed by atoms with van der Waals surface area (Å²) in [6.07, 6.45) is 1.07. The zero-order valence-electron chi connectivity index (χ0n) is 10.7. The highest BCUT2D eigenvalue weighted by atomic mass is 35.5. The molecule has 3 rings (SSSR count). The van der Waals surface area contributed by atoms with Gasteiger partial charge < -0.3 is 0 Å². The highest BCUT2D eigenvalue weighted by Gasteiger charge is 2.30. The Morgan fingerprint density at radius 2 is 2.05 bits per heavy atom. The van der Waals surface area contributed by atoms with Gasteiger partial charge in [0.05, 0.1) is 11.6 Å². The fraction of sp³-hybridized carbons (Fsp3) is 0.235. The van der Waals surface area contributed by atoms with Gasteiger partial charge in [-0.05, 0) is 53.3 Å². The summed E-state index contributed by atoms with van der Waals surface area (Å²) in [6.45, 7) is 2.26. The molecule has 0 radical (unpaired) electrons. The van der Waals surface area contributed by atoms with E-state index in [4.69, 9.17) is 16.9 Å². The summed E-state index contributed by atoms with van der Waals surface area (Å²) in [5.74, 6) is 0.893. The number of fused-ring (bicyclic) bond motifs is 1. The van der Waals surface area contributed by atoms with E-state index in [-0.39, 0.29) is 0 Å². The number of hydrogen-bond donors (Lipinski definition) is 0. The van der Waals surface area contributed by atoms with Crippen LogP contribution in [0.2, 0.25) is 5.02 Å². The third-order valence-corrected chi connectivity index (χ3v) is 4.16. The second-order valence-electron chi connectivity index (χ2n) is 5.24. The van der Waals surface area contributed by atoms with Crippen LogP contribution in [0.25, 0.3) is 0 Å². The number of benzene rings is 2. The summed E-state index contributed by atoms with van der Waals surface area (Å²) in [5.41, 5.74) is 4.62. The van der Waals surface area contributed by atoms with Crippen molar-refractivity contribution in [3.63, 3.8) is 0 Å². The van der Waals surface area contributed by atoms with Crippen LogP contribution in [0.4, 0.5) is 0 Å². The minimum Gasteiger partial charge on any atom is -0.192 e. The molecule has 1 aliphatic rings. The van der Waals surface area contributed by atoms with Crippen molar-refractivity contribution in [1.29, 1.82) is 5.26 Å². The van der Waals surface area contributed by atoms with Crippen LogP contribution >= 0.6 is 11.6 Å². The second kappa shape index (κ2) is 4.72. The molecule has 0 aliphatic heterocycles. The van der Waals surface area contributed by atoms with E-state index in [1.165, 1.54) is 16.7 Å². The molecule has 2 aromatic carbocycles. The summed E-state index contributed by atoms with van der Waals surface area (Å²) in [4.78, 5) is 0. The average Bonchev–Trinajstić information content (AvgIpc) is 2.73. The van der Waals surface area contributed by atoms with Gasteiger partial charge in [-0.15, -0.1) is 0 Å². The lowest BCUT2D eigenvalue weighted by molar-refractivity contribution is 0.557. The Labute approximate surface area is 118 Å². The van der Waals surface area contributed by atoms with Crippen molar-refractivity contribution in [2.75, 3.05) is 0 Å². The van der Waals surface area contributed by atoms with Gasteiger partial charge in [-0.1, -0.05) is 36.7 Å². The van der Waals surface area contributed by atoms with Crippen LogP contribution in [0.3, 0.4) is 0 Å². The van der Waals surface area contributed by atoms with Crippen LogP contribution in [0, 0.1) is 17.2 Å². The highest BCUT2D eigenvalue weighted by Crippen LogP contribution is 2.42. The van der Waals surface area contributed by atoms with E-state index in [0.29, 0.717) is 11.8 Å². The Morgan fingerprint density at radius 3 is 2.79 bits per heavy atom. The Kier molecular flexibility index (Phi) is 3.05. The maximum Gasteiger partial charge on any atom is 0.0991 e. The number of nitriles is 1. The topological polar surface area (TPSA) is 23.8 Å². The molecule has 0 amide bonds. The van der Waals surface area contributed by atoms with Crippen molar-refractivity contribution in [3.8, 4) is 6.07 Å². The summed E-state index contributed by atoms with van der Waals surface area (Å²) < 4.78 is 0. The molecular weight excluding hydrogens is 254 g/mol. The molecule has 0 saturated carbocycles. The first-order valence-electron chi connectivity index (χ1n) is 6.47. The lowest BCUT2D eigenvalue weighted by Crippen LogP contribution is -2.05. The molecule has 1 aliphatic carbocycles. The molecule has 2 heteroatoms. The molecule has 0 aromatic heterocycles. The van der Waals surface area contributed by atoms with Gasteiger partial charge in [0.15, 0.2) is 0 Å². The van der Waals surface area contributed by atoms with Crippen molar-refractivity contribution in [2.24, 2.45) is 5.92 Å². The maximum absolute atomic E-state index is 9.06. The molecule has 0 N–H and O–H groups in total. The van der Waals surface area contributed by atoms with E-state index in [2.05, 4.69) is 25.1 Å². The normalized spacial score (nSPS) is 20.9. The zero-order valence-corrected chi connectivity index (χ0v) is 11.5.